The number of tetrazole rings is 1. The van der Waals surface area contributed by atoms with Crippen molar-refractivity contribution in [2.24, 2.45) is 0 Å². The molecule has 0 radical (unpaired) electrons. The van der Waals surface area contributed by atoms with Gasteiger partial charge in [-0.2, -0.15) is 0 Å². The number of fused-ring (bicyclic) bond motifs is 1. The van der Waals surface area contributed by atoms with Crippen molar-refractivity contribution < 1.29 is 4.52 Å². The number of hydrogen-bond donors (Lipinski definition) is 0. The molecule has 0 aliphatic carbocycles. The quantitative estimate of drug-likeness (QED) is 0.529. The largest absolute Gasteiger partial charge is 0.350 e. The predicted molar refractivity (Wildman–Crippen MR) is 77.8 cm³/mol. The molecule has 0 bridgehead atoms. The number of hydrogen-bond acceptors (Lipinski definition) is 3. The fourth-order valence-corrected chi connectivity index (χ4v) is 3.12. The van der Waals surface area contributed by atoms with E-state index in [2.05, 4.69) is 27.9 Å². The second kappa shape index (κ2) is 4.54. The molecular weight excluding hydrogens is 268 g/mol. The molecule has 0 aliphatic rings. The first-order valence-electron chi connectivity index (χ1n) is 6.29. The lowest BCUT2D eigenvalue weighted by atomic mass is 10.2. The summed E-state index contributed by atoms with van der Waals surface area (Å²) in [6, 6.07) is 20.3. The number of benzene rings is 2. The van der Waals surface area contributed by atoms with Gasteiger partial charge in [0.15, 0.2) is 5.21 Å². The van der Waals surface area contributed by atoms with Crippen LogP contribution in [-0.4, -0.2) is 15.1 Å². The molecule has 4 nitrogen and oxygen atoms in total. The highest BCUT2D eigenvalue weighted by Gasteiger charge is 2.21. The molecule has 0 aliphatic heterocycles. The van der Waals surface area contributed by atoms with Crippen molar-refractivity contribution in [1.82, 2.24) is 15.1 Å². The van der Waals surface area contributed by atoms with Crippen LogP contribution in [-0.2, 0) is 0 Å². The van der Waals surface area contributed by atoms with Gasteiger partial charge >= 0.3 is 4.96 Å². The van der Waals surface area contributed by atoms with Gasteiger partial charge < -0.3 is 0 Å². The van der Waals surface area contributed by atoms with Gasteiger partial charge in [0, 0.05) is 10.9 Å². The summed E-state index contributed by atoms with van der Waals surface area (Å²) in [6.45, 7) is 0. The van der Waals surface area contributed by atoms with Gasteiger partial charge in [-0.1, -0.05) is 64.4 Å². The topological polar surface area (TPSA) is 34.8 Å². The molecule has 96 valence electrons. The zero-order valence-corrected chi connectivity index (χ0v) is 11.4. The summed E-state index contributed by atoms with van der Waals surface area (Å²) in [6.07, 6.45) is 0. The van der Waals surface area contributed by atoms with E-state index in [4.69, 9.17) is 0 Å². The molecule has 0 spiro atoms. The summed E-state index contributed by atoms with van der Waals surface area (Å²) in [4.78, 5) is 0.995. The van der Waals surface area contributed by atoms with E-state index in [9.17, 15) is 0 Å². The molecule has 20 heavy (non-hydrogen) atoms. The summed E-state index contributed by atoms with van der Waals surface area (Å²) in [5.41, 5.74) is 3.22. The van der Waals surface area contributed by atoms with Crippen LogP contribution in [0.25, 0.3) is 21.9 Å². The maximum Gasteiger partial charge on any atom is 0.350 e. The van der Waals surface area contributed by atoms with E-state index < -0.39 is 0 Å². The highest BCUT2D eigenvalue weighted by atomic mass is 32.1. The van der Waals surface area contributed by atoms with Crippen LogP contribution in [0.15, 0.2) is 66.0 Å². The molecule has 0 amide bonds. The van der Waals surface area contributed by atoms with Crippen molar-refractivity contribution >= 4 is 16.3 Å². The molecule has 4 rings (SSSR count). The van der Waals surface area contributed by atoms with Gasteiger partial charge in [-0.15, -0.1) is 0 Å². The van der Waals surface area contributed by atoms with Crippen LogP contribution < -0.4 is 4.52 Å². The maximum atomic E-state index is 4.27. The van der Waals surface area contributed by atoms with Crippen LogP contribution in [0.3, 0.4) is 0 Å². The Balaban J connectivity index is 1.91. The molecule has 0 saturated heterocycles. The molecule has 0 N–H and O–H groups in total. The average Bonchev–Trinajstić information content (AvgIpc) is 3.10. The highest BCUT2D eigenvalue weighted by molar-refractivity contribution is 7.15. The molecule has 0 saturated carbocycles. The molecule has 0 atom stereocenters. The number of para-hydroxylation sites is 1. The molecule has 0 fully saturated rings. The number of nitrogens with zero attached hydrogens (tertiary/aromatic N) is 4. The van der Waals surface area contributed by atoms with Crippen LogP contribution in [0.5, 0.6) is 0 Å². The smallest absolute Gasteiger partial charge is 0.0869 e. The van der Waals surface area contributed by atoms with E-state index in [1.54, 1.807) is 11.3 Å². The zero-order valence-electron chi connectivity index (χ0n) is 10.5. The normalized spacial score (nSPS) is 11.0. The Kier molecular flexibility index (Phi) is 2.57. The Morgan fingerprint density at radius 2 is 1.60 bits per heavy atom. The third-order valence-electron chi connectivity index (χ3n) is 3.16. The summed E-state index contributed by atoms with van der Waals surface area (Å²) in [5, 5.41) is 10.6. The van der Waals surface area contributed by atoms with Gasteiger partial charge in [0.2, 0.25) is 0 Å². The van der Waals surface area contributed by atoms with E-state index >= 15 is 0 Å². The van der Waals surface area contributed by atoms with Crippen molar-refractivity contribution in [2.75, 3.05) is 0 Å². The van der Waals surface area contributed by atoms with Crippen LogP contribution in [0.1, 0.15) is 0 Å². The maximum absolute atomic E-state index is 4.27. The molecule has 5 heteroatoms. The summed E-state index contributed by atoms with van der Waals surface area (Å²) in [5.74, 6) is 0. The SMILES string of the molecule is c1ccc(-c2csc3n(-c4ccccc4)nn[n+]23)cc1. The van der Waals surface area contributed by atoms with E-state index in [-0.39, 0.29) is 0 Å². The number of thiazole rings is 1. The molecule has 4 aromatic rings. The lowest BCUT2D eigenvalue weighted by Crippen LogP contribution is -2.23. The van der Waals surface area contributed by atoms with Crippen LogP contribution in [0.4, 0.5) is 0 Å². The van der Waals surface area contributed by atoms with Gasteiger partial charge in [-0.25, -0.2) is 0 Å². The first-order chi connectivity index (χ1) is 9.93. The summed E-state index contributed by atoms with van der Waals surface area (Å²) >= 11 is 1.64. The van der Waals surface area contributed by atoms with Gasteiger partial charge in [0.1, 0.15) is 16.6 Å². The Bertz CT molecular complexity index is 776. The van der Waals surface area contributed by atoms with Gasteiger partial charge in [0.25, 0.3) is 0 Å². The van der Waals surface area contributed by atoms with Crippen LogP contribution in [0, 0.1) is 0 Å². The predicted octanol–water partition coefficient (Wildman–Crippen LogP) is 2.73. The number of rotatable bonds is 2. The molecular formula is C15H11N4S+. The molecule has 0 unspecified atom stereocenters. The third kappa shape index (κ3) is 1.71. The first kappa shape index (κ1) is 11.3. The highest BCUT2D eigenvalue weighted by Crippen LogP contribution is 2.21. The third-order valence-corrected chi connectivity index (χ3v) is 4.05. The van der Waals surface area contributed by atoms with Crippen molar-refractivity contribution in [2.45, 2.75) is 0 Å². The van der Waals surface area contributed by atoms with Crippen LogP contribution >= 0.6 is 11.3 Å². The van der Waals surface area contributed by atoms with Gasteiger partial charge in [0.05, 0.1) is 0 Å². The fraction of sp³-hybridized carbons (Fsp3) is 0. The van der Waals surface area contributed by atoms with E-state index in [1.165, 1.54) is 0 Å². The number of aromatic nitrogens is 4. The van der Waals surface area contributed by atoms with Crippen molar-refractivity contribution in [3.05, 3.63) is 66.0 Å². The average molecular weight is 279 g/mol. The monoisotopic (exact) mass is 279 g/mol. The van der Waals surface area contributed by atoms with E-state index in [0.29, 0.717) is 0 Å². The Labute approximate surface area is 119 Å². The zero-order chi connectivity index (χ0) is 13.4. The second-order valence-electron chi connectivity index (χ2n) is 4.41. The van der Waals surface area contributed by atoms with Gasteiger partial charge in [-0.3, -0.25) is 0 Å². The summed E-state index contributed by atoms with van der Waals surface area (Å²) in [7, 11) is 0. The van der Waals surface area contributed by atoms with Crippen molar-refractivity contribution in [3.63, 3.8) is 0 Å². The Morgan fingerprint density at radius 3 is 2.35 bits per heavy atom. The second-order valence-corrected chi connectivity index (χ2v) is 5.24. The lowest BCUT2D eigenvalue weighted by molar-refractivity contribution is -0.566. The molecule has 2 aromatic carbocycles. The molecule has 2 aromatic heterocycles. The Morgan fingerprint density at radius 1 is 0.900 bits per heavy atom. The molecule has 2 heterocycles. The summed E-state index contributed by atoms with van der Waals surface area (Å²) < 4.78 is 3.74. The lowest BCUT2D eigenvalue weighted by Gasteiger charge is -1.92. The van der Waals surface area contributed by atoms with E-state index in [0.717, 1.165) is 21.9 Å². The standard InChI is InChI=1S/C15H11N4S/c1-3-7-12(8-4-1)14-11-20-15-18(16-17-19(14)15)13-9-5-2-6-10-13/h1-11H/q+1. The minimum atomic E-state index is 0.995. The van der Waals surface area contributed by atoms with Crippen LogP contribution in [0.2, 0.25) is 0 Å². The van der Waals surface area contributed by atoms with Gasteiger partial charge in [-0.05, 0) is 16.8 Å². The Hall–Kier alpha value is -2.53. The minimum absolute atomic E-state index is 0.995. The first-order valence-corrected chi connectivity index (χ1v) is 7.17. The minimum Gasteiger partial charge on any atom is -0.0869 e. The van der Waals surface area contributed by atoms with E-state index in [1.807, 2.05) is 57.7 Å². The fourth-order valence-electron chi connectivity index (χ4n) is 2.19. The van der Waals surface area contributed by atoms with Crippen molar-refractivity contribution in [1.29, 1.82) is 0 Å². The van der Waals surface area contributed by atoms with Crippen molar-refractivity contribution in [3.8, 4) is 16.9 Å².